The summed E-state index contributed by atoms with van der Waals surface area (Å²) in [5.74, 6) is 0.193. The Balaban J connectivity index is 2.15. The van der Waals surface area contributed by atoms with Crippen molar-refractivity contribution in [2.45, 2.75) is 32.4 Å². The number of hydrogen-bond acceptors (Lipinski definition) is 5. The van der Waals surface area contributed by atoms with Crippen molar-refractivity contribution in [3.05, 3.63) is 23.9 Å². The summed E-state index contributed by atoms with van der Waals surface area (Å²) in [7, 11) is 3.09. The van der Waals surface area contributed by atoms with Crippen molar-refractivity contribution >= 4 is 11.8 Å². The summed E-state index contributed by atoms with van der Waals surface area (Å²) in [6, 6.07) is 3.66. The van der Waals surface area contributed by atoms with E-state index >= 15 is 0 Å². The SMILES string of the molecule is COC(=O)c1cccnc1NC1CC(OC)C1(C)C. The maximum absolute atomic E-state index is 11.7. The molecule has 2 atom stereocenters. The number of hydrogen-bond donors (Lipinski definition) is 1. The van der Waals surface area contributed by atoms with Gasteiger partial charge >= 0.3 is 5.97 Å². The summed E-state index contributed by atoms with van der Waals surface area (Å²) in [5.41, 5.74) is 0.473. The number of esters is 1. The Bertz CT molecular complexity index is 474. The largest absolute Gasteiger partial charge is 0.465 e. The molecule has 0 spiro atoms. The number of nitrogens with one attached hydrogen (secondary N) is 1. The molecule has 19 heavy (non-hydrogen) atoms. The minimum Gasteiger partial charge on any atom is -0.465 e. The molecule has 1 saturated carbocycles. The minimum atomic E-state index is -0.379. The lowest BCUT2D eigenvalue weighted by Gasteiger charge is -2.51. The maximum Gasteiger partial charge on any atom is 0.341 e. The molecule has 2 unspecified atom stereocenters. The van der Waals surface area contributed by atoms with Gasteiger partial charge in [0, 0.05) is 24.8 Å². The van der Waals surface area contributed by atoms with Crippen LogP contribution in [0.3, 0.4) is 0 Å². The number of ether oxygens (including phenoxy) is 2. The van der Waals surface area contributed by atoms with Gasteiger partial charge in [-0.15, -0.1) is 0 Å². The number of methoxy groups -OCH3 is 2. The Morgan fingerprint density at radius 1 is 1.47 bits per heavy atom. The van der Waals surface area contributed by atoms with Gasteiger partial charge in [0.2, 0.25) is 0 Å². The molecular weight excluding hydrogens is 244 g/mol. The van der Waals surface area contributed by atoms with Crippen LogP contribution in [0, 0.1) is 5.41 Å². The average Bonchev–Trinajstić information content (AvgIpc) is 2.42. The van der Waals surface area contributed by atoms with E-state index in [-0.39, 0.29) is 23.5 Å². The predicted octanol–water partition coefficient (Wildman–Crippen LogP) is 2.09. The van der Waals surface area contributed by atoms with Crippen molar-refractivity contribution in [3.8, 4) is 0 Å². The van der Waals surface area contributed by atoms with Crippen LogP contribution in [-0.4, -0.2) is 37.3 Å². The van der Waals surface area contributed by atoms with Crippen LogP contribution in [0.4, 0.5) is 5.82 Å². The van der Waals surface area contributed by atoms with E-state index in [0.717, 1.165) is 6.42 Å². The average molecular weight is 264 g/mol. The highest BCUT2D eigenvalue weighted by Gasteiger charge is 2.48. The zero-order valence-corrected chi connectivity index (χ0v) is 11.8. The van der Waals surface area contributed by atoms with Gasteiger partial charge in [-0.05, 0) is 18.6 Å². The zero-order valence-electron chi connectivity index (χ0n) is 11.8. The van der Waals surface area contributed by atoms with Gasteiger partial charge in [0.25, 0.3) is 0 Å². The second-order valence-electron chi connectivity index (χ2n) is 5.37. The molecule has 1 fully saturated rings. The normalized spacial score (nSPS) is 24.4. The molecule has 1 N–H and O–H groups in total. The molecule has 1 aromatic rings. The number of carbonyl (C=O) groups is 1. The molecular formula is C14H20N2O3. The van der Waals surface area contributed by atoms with E-state index in [2.05, 4.69) is 24.1 Å². The summed E-state index contributed by atoms with van der Waals surface area (Å²) in [6.07, 6.45) is 2.80. The van der Waals surface area contributed by atoms with Gasteiger partial charge in [-0.25, -0.2) is 9.78 Å². The van der Waals surface area contributed by atoms with Crippen LogP contribution in [0.15, 0.2) is 18.3 Å². The van der Waals surface area contributed by atoms with Gasteiger partial charge in [-0.3, -0.25) is 0 Å². The second kappa shape index (κ2) is 5.17. The maximum atomic E-state index is 11.7. The first kappa shape index (κ1) is 13.8. The first-order valence-electron chi connectivity index (χ1n) is 6.33. The van der Waals surface area contributed by atoms with Crippen molar-refractivity contribution in [1.29, 1.82) is 0 Å². The van der Waals surface area contributed by atoms with Crippen molar-refractivity contribution in [3.63, 3.8) is 0 Å². The number of anilines is 1. The van der Waals surface area contributed by atoms with E-state index in [0.29, 0.717) is 11.4 Å². The standard InChI is InChI=1S/C14H20N2O3/c1-14(2)10(8-11(14)18-3)16-12-9(13(17)19-4)6-5-7-15-12/h5-7,10-11H,8H2,1-4H3,(H,15,16). The van der Waals surface area contributed by atoms with Crippen molar-refractivity contribution < 1.29 is 14.3 Å². The van der Waals surface area contributed by atoms with E-state index in [4.69, 9.17) is 9.47 Å². The Hall–Kier alpha value is -1.62. The fourth-order valence-electron chi connectivity index (χ4n) is 2.49. The lowest BCUT2D eigenvalue weighted by Crippen LogP contribution is -2.57. The van der Waals surface area contributed by atoms with E-state index in [1.165, 1.54) is 7.11 Å². The fourth-order valence-corrected chi connectivity index (χ4v) is 2.49. The molecule has 1 aliphatic rings. The Kier molecular flexibility index (Phi) is 3.75. The summed E-state index contributed by atoms with van der Waals surface area (Å²) < 4.78 is 10.2. The van der Waals surface area contributed by atoms with Gasteiger partial charge in [0.1, 0.15) is 11.4 Å². The van der Waals surface area contributed by atoms with Crippen molar-refractivity contribution in [2.75, 3.05) is 19.5 Å². The Morgan fingerprint density at radius 3 is 2.79 bits per heavy atom. The van der Waals surface area contributed by atoms with E-state index in [9.17, 15) is 4.79 Å². The molecule has 0 saturated heterocycles. The zero-order chi connectivity index (χ0) is 14.0. The van der Waals surface area contributed by atoms with Gasteiger partial charge in [0.15, 0.2) is 0 Å². The molecule has 1 heterocycles. The number of nitrogens with zero attached hydrogens (tertiary/aromatic N) is 1. The fraction of sp³-hybridized carbons (Fsp3) is 0.571. The monoisotopic (exact) mass is 264 g/mol. The van der Waals surface area contributed by atoms with Crippen molar-refractivity contribution in [1.82, 2.24) is 4.98 Å². The molecule has 1 aliphatic carbocycles. The summed E-state index contributed by atoms with van der Waals surface area (Å²) >= 11 is 0. The summed E-state index contributed by atoms with van der Waals surface area (Å²) in [5, 5.41) is 3.32. The molecule has 5 nitrogen and oxygen atoms in total. The lowest BCUT2D eigenvalue weighted by atomic mass is 9.64. The third-order valence-electron chi connectivity index (χ3n) is 3.99. The van der Waals surface area contributed by atoms with E-state index in [1.807, 2.05) is 0 Å². The second-order valence-corrected chi connectivity index (χ2v) is 5.37. The Morgan fingerprint density at radius 2 is 2.21 bits per heavy atom. The molecule has 104 valence electrons. The highest BCUT2D eigenvalue weighted by Crippen LogP contribution is 2.44. The number of aromatic nitrogens is 1. The molecule has 0 aromatic carbocycles. The Labute approximate surface area is 113 Å². The van der Waals surface area contributed by atoms with Crippen LogP contribution in [0.2, 0.25) is 0 Å². The predicted molar refractivity (Wildman–Crippen MR) is 72.2 cm³/mol. The van der Waals surface area contributed by atoms with Crippen LogP contribution in [-0.2, 0) is 9.47 Å². The molecule has 5 heteroatoms. The lowest BCUT2D eigenvalue weighted by molar-refractivity contribution is -0.0795. The molecule has 0 amide bonds. The minimum absolute atomic E-state index is 0.0136. The van der Waals surface area contributed by atoms with Crippen LogP contribution < -0.4 is 5.32 Å². The third-order valence-corrected chi connectivity index (χ3v) is 3.99. The number of rotatable bonds is 4. The van der Waals surface area contributed by atoms with Crippen LogP contribution in [0.5, 0.6) is 0 Å². The van der Waals surface area contributed by atoms with Gasteiger partial charge < -0.3 is 14.8 Å². The quantitative estimate of drug-likeness (QED) is 0.844. The van der Waals surface area contributed by atoms with E-state index < -0.39 is 0 Å². The molecule has 2 rings (SSSR count). The molecule has 1 aromatic heterocycles. The van der Waals surface area contributed by atoms with Crippen LogP contribution >= 0.6 is 0 Å². The number of carbonyl (C=O) groups excluding carboxylic acids is 1. The van der Waals surface area contributed by atoms with Crippen molar-refractivity contribution in [2.24, 2.45) is 5.41 Å². The van der Waals surface area contributed by atoms with Crippen LogP contribution in [0.1, 0.15) is 30.6 Å². The molecule has 0 radical (unpaired) electrons. The number of pyridine rings is 1. The first-order valence-corrected chi connectivity index (χ1v) is 6.33. The highest BCUT2D eigenvalue weighted by atomic mass is 16.5. The summed E-state index contributed by atoms with van der Waals surface area (Å²) in [6.45, 7) is 4.28. The smallest absolute Gasteiger partial charge is 0.341 e. The molecule has 0 bridgehead atoms. The summed E-state index contributed by atoms with van der Waals surface area (Å²) in [4.78, 5) is 15.9. The third kappa shape index (κ3) is 2.42. The first-order chi connectivity index (χ1) is 9.00. The van der Waals surface area contributed by atoms with E-state index in [1.54, 1.807) is 25.4 Å². The molecule has 0 aliphatic heterocycles. The van der Waals surface area contributed by atoms with Gasteiger partial charge in [-0.2, -0.15) is 0 Å². The van der Waals surface area contributed by atoms with Crippen LogP contribution in [0.25, 0.3) is 0 Å². The highest BCUT2D eigenvalue weighted by molar-refractivity contribution is 5.94. The van der Waals surface area contributed by atoms with Gasteiger partial charge in [-0.1, -0.05) is 13.8 Å². The topological polar surface area (TPSA) is 60.5 Å². The van der Waals surface area contributed by atoms with Gasteiger partial charge in [0.05, 0.1) is 13.2 Å².